The summed E-state index contributed by atoms with van der Waals surface area (Å²) in [4.78, 5) is 28.5. The number of aromatic nitrogens is 1. The number of ether oxygens (including phenoxy) is 1. The van der Waals surface area contributed by atoms with Crippen LogP contribution in [0.15, 0.2) is 42.5 Å². The van der Waals surface area contributed by atoms with E-state index < -0.39 is 12.0 Å². The van der Waals surface area contributed by atoms with Gasteiger partial charge in [-0.2, -0.15) is 0 Å². The van der Waals surface area contributed by atoms with Gasteiger partial charge in [-0.15, -0.1) is 0 Å². The van der Waals surface area contributed by atoms with Crippen molar-refractivity contribution < 1.29 is 19.4 Å². The highest BCUT2D eigenvalue weighted by Crippen LogP contribution is 2.34. The molecule has 2 heterocycles. The largest absolute Gasteiger partial charge is 0.480 e. The molecule has 33 heavy (non-hydrogen) atoms. The lowest BCUT2D eigenvalue weighted by molar-refractivity contribution is -0.142. The zero-order valence-corrected chi connectivity index (χ0v) is 19.0. The Morgan fingerprint density at radius 1 is 1.18 bits per heavy atom. The Morgan fingerprint density at radius 3 is 2.79 bits per heavy atom. The Labute approximate surface area is 195 Å². The summed E-state index contributed by atoms with van der Waals surface area (Å²) < 4.78 is 5.87. The molecule has 2 aliphatic rings. The van der Waals surface area contributed by atoms with Crippen LogP contribution in [0, 0.1) is 5.92 Å². The maximum atomic E-state index is 12.2. The van der Waals surface area contributed by atoms with Crippen LogP contribution in [0.1, 0.15) is 48.9 Å². The Bertz CT molecular complexity index is 944. The molecule has 7 nitrogen and oxygen atoms in total. The van der Waals surface area contributed by atoms with Crippen molar-refractivity contribution in [1.82, 2.24) is 10.3 Å². The lowest BCUT2D eigenvalue weighted by atomic mass is 9.79. The van der Waals surface area contributed by atoms with Crippen LogP contribution in [0.4, 0.5) is 5.82 Å². The maximum Gasteiger partial charge on any atom is 0.326 e. The number of pyridine rings is 1. The molecule has 0 bridgehead atoms. The highest BCUT2D eigenvalue weighted by atomic mass is 16.5. The van der Waals surface area contributed by atoms with Gasteiger partial charge in [0.1, 0.15) is 11.9 Å². The average Bonchev–Trinajstić information content (AvgIpc) is 2.79. The van der Waals surface area contributed by atoms with E-state index in [2.05, 4.69) is 22.8 Å². The number of benzene rings is 1. The minimum Gasteiger partial charge on any atom is -0.480 e. The topological polar surface area (TPSA) is 101 Å². The molecular formula is C26H33N3O4. The molecule has 1 aliphatic heterocycles. The smallest absolute Gasteiger partial charge is 0.326 e. The number of rotatable bonds is 11. The molecule has 1 fully saturated rings. The van der Waals surface area contributed by atoms with Crippen LogP contribution in [-0.4, -0.2) is 47.3 Å². The summed E-state index contributed by atoms with van der Waals surface area (Å²) in [5, 5.41) is 15.4. The number of fused-ring (bicyclic) bond motifs is 1. The first kappa shape index (κ1) is 23.2. The molecule has 0 radical (unpaired) electrons. The van der Waals surface area contributed by atoms with Crippen LogP contribution in [0.5, 0.6) is 0 Å². The highest BCUT2D eigenvalue weighted by molar-refractivity contribution is 5.84. The number of carboxylic acids is 1. The van der Waals surface area contributed by atoms with Gasteiger partial charge in [0.15, 0.2) is 0 Å². The van der Waals surface area contributed by atoms with E-state index in [1.807, 2.05) is 30.3 Å². The molecule has 1 aliphatic carbocycles. The van der Waals surface area contributed by atoms with Crippen LogP contribution in [-0.2, 0) is 33.6 Å². The Kier molecular flexibility index (Phi) is 7.94. The molecule has 1 aromatic carbocycles. The minimum absolute atomic E-state index is 0.172. The number of carbonyl (C=O) groups is 2. The van der Waals surface area contributed by atoms with Gasteiger partial charge in [-0.05, 0) is 61.6 Å². The Hall–Kier alpha value is -2.93. The molecule has 0 unspecified atom stereocenters. The normalized spacial score (nSPS) is 20.1. The van der Waals surface area contributed by atoms with E-state index in [1.165, 1.54) is 12.0 Å². The maximum absolute atomic E-state index is 12.2. The second-order valence-electron chi connectivity index (χ2n) is 9.12. The molecule has 1 amide bonds. The van der Waals surface area contributed by atoms with Gasteiger partial charge in [-0.25, -0.2) is 9.78 Å². The second-order valence-corrected chi connectivity index (χ2v) is 9.12. The van der Waals surface area contributed by atoms with Crippen molar-refractivity contribution in [1.29, 1.82) is 0 Å². The van der Waals surface area contributed by atoms with Crippen LogP contribution >= 0.6 is 0 Å². The summed E-state index contributed by atoms with van der Waals surface area (Å²) in [5.41, 5.74) is 3.32. The van der Waals surface area contributed by atoms with E-state index in [1.54, 1.807) is 0 Å². The number of nitrogens with one attached hydrogen (secondary N) is 2. The first-order chi connectivity index (χ1) is 16.1. The quantitative estimate of drug-likeness (QED) is 0.484. The third kappa shape index (κ3) is 6.78. The van der Waals surface area contributed by atoms with Crippen LogP contribution in [0.3, 0.4) is 0 Å². The average molecular weight is 452 g/mol. The van der Waals surface area contributed by atoms with Crippen molar-refractivity contribution in [2.45, 2.75) is 63.5 Å². The van der Waals surface area contributed by atoms with E-state index >= 15 is 0 Å². The first-order valence-corrected chi connectivity index (χ1v) is 12.0. The fraction of sp³-hybridized carbons (Fsp3) is 0.500. The number of carboxylic acid groups (broad SMARTS) is 1. The summed E-state index contributed by atoms with van der Waals surface area (Å²) >= 11 is 0. The van der Waals surface area contributed by atoms with Gasteiger partial charge >= 0.3 is 5.97 Å². The first-order valence-electron chi connectivity index (χ1n) is 12.0. The molecule has 3 N–H and O–H groups in total. The number of amides is 1. The van der Waals surface area contributed by atoms with Gasteiger partial charge in [0.2, 0.25) is 5.91 Å². The summed E-state index contributed by atoms with van der Waals surface area (Å²) in [7, 11) is 0. The SMILES string of the molecule is O=C(Cc1ccccc1)N[C@@H](CCOC1CC(CCc2ccc3c(n2)NCCC3)C1)C(=O)O. The zero-order valence-electron chi connectivity index (χ0n) is 19.0. The Balaban J connectivity index is 1.12. The third-order valence-corrected chi connectivity index (χ3v) is 6.55. The molecular weight excluding hydrogens is 418 g/mol. The van der Waals surface area contributed by atoms with Crippen molar-refractivity contribution in [2.24, 2.45) is 5.92 Å². The molecule has 1 saturated carbocycles. The standard InChI is InChI=1S/C26H33N3O4/c30-24(17-18-5-2-1-3-6-18)29-23(26(31)32)12-14-33-22-15-19(16-22)8-10-21-11-9-20-7-4-13-27-25(20)28-21/h1-3,5-6,9,11,19,22-23H,4,7-8,10,12-17H2,(H,27,28)(H,29,30)(H,31,32)/t19?,22?,23-/m0/s1. The summed E-state index contributed by atoms with van der Waals surface area (Å²) in [5.74, 6) is 0.362. The number of hydrogen-bond donors (Lipinski definition) is 3. The van der Waals surface area contributed by atoms with Crippen molar-refractivity contribution in [3.63, 3.8) is 0 Å². The highest BCUT2D eigenvalue weighted by Gasteiger charge is 2.30. The van der Waals surface area contributed by atoms with Crippen LogP contribution in [0.2, 0.25) is 0 Å². The number of nitrogens with zero attached hydrogens (tertiary/aromatic N) is 1. The number of aryl methyl sites for hydroxylation is 2. The van der Waals surface area contributed by atoms with E-state index in [4.69, 9.17) is 9.72 Å². The lowest BCUT2D eigenvalue weighted by Gasteiger charge is -2.35. The van der Waals surface area contributed by atoms with E-state index in [-0.39, 0.29) is 24.9 Å². The van der Waals surface area contributed by atoms with Crippen LogP contribution < -0.4 is 10.6 Å². The third-order valence-electron chi connectivity index (χ3n) is 6.55. The molecule has 176 valence electrons. The Morgan fingerprint density at radius 2 is 2.00 bits per heavy atom. The number of hydrogen-bond acceptors (Lipinski definition) is 5. The molecule has 1 aromatic heterocycles. The monoisotopic (exact) mass is 451 g/mol. The predicted octanol–water partition coefficient (Wildman–Crippen LogP) is 3.37. The molecule has 4 rings (SSSR count). The van der Waals surface area contributed by atoms with Gasteiger partial charge in [0.25, 0.3) is 0 Å². The van der Waals surface area contributed by atoms with Crippen molar-refractivity contribution in [3.05, 3.63) is 59.3 Å². The van der Waals surface area contributed by atoms with Crippen LogP contribution in [0.25, 0.3) is 0 Å². The molecule has 1 atom stereocenters. The van der Waals surface area contributed by atoms with Gasteiger partial charge in [-0.1, -0.05) is 36.4 Å². The van der Waals surface area contributed by atoms with E-state index in [0.717, 1.165) is 55.7 Å². The summed E-state index contributed by atoms with van der Waals surface area (Å²) in [6.07, 6.45) is 6.97. The van der Waals surface area contributed by atoms with Gasteiger partial charge in [0, 0.05) is 25.3 Å². The fourth-order valence-electron chi connectivity index (χ4n) is 4.54. The molecule has 0 spiro atoms. The lowest BCUT2D eigenvalue weighted by Crippen LogP contribution is -2.42. The van der Waals surface area contributed by atoms with Crippen molar-refractivity contribution in [2.75, 3.05) is 18.5 Å². The van der Waals surface area contributed by atoms with Gasteiger partial charge in [0.05, 0.1) is 12.5 Å². The van der Waals surface area contributed by atoms with E-state index in [0.29, 0.717) is 12.5 Å². The predicted molar refractivity (Wildman–Crippen MR) is 126 cm³/mol. The molecule has 2 aromatic rings. The van der Waals surface area contributed by atoms with Gasteiger partial charge < -0.3 is 20.5 Å². The number of aliphatic carboxylic acids is 1. The zero-order chi connectivity index (χ0) is 23.0. The minimum atomic E-state index is -1.03. The van der Waals surface area contributed by atoms with Crippen molar-refractivity contribution >= 4 is 17.7 Å². The molecule has 0 saturated heterocycles. The summed E-state index contributed by atoms with van der Waals surface area (Å²) in [6, 6.07) is 12.7. The summed E-state index contributed by atoms with van der Waals surface area (Å²) in [6.45, 7) is 1.34. The van der Waals surface area contributed by atoms with E-state index in [9.17, 15) is 14.7 Å². The fourth-order valence-corrected chi connectivity index (χ4v) is 4.54. The number of carbonyl (C=O) groups excluding carboxylic acids is 1. The number of anilines is 1. The van der Waals surface area contributed by atoms with Gasteiger partial charge in [-0.3, -0.25) is 4.79 Å². The molecule has 7 heteroatoms. The second kappa shape index (κ2) is 11.3. The van der Waals surface area contributed by atoms with Crippen molar-refractivity contribution in [3.8, 4) is 0 Å².